The first-order chi connectivity index (χ1) is 11.8. The van der Waals surface area contributed by atoms with Crippen molar-refractivity contribution < 1.29 is 19.4 Å². The molecular formula is C21H30O4. The van der Waals surface area contributed by atoms with Crippen molar-refractivity contribution in [3.8, 4) is 0 Å². The molecule has 4 aliphatic carbocycles. The van der Waals surface area contributed by atoms with E-state index >= 15 is 0 Å². The van der Waals surface area contributed by atoms with Crippen LogP contribution in [-0.2, 0) is 14.3 Å². The minimum absolute atomic E-state index is 0.0499. The second-order valence-electron chi connectivity index (χ2n) is 9.25. The molecule has 3 fully saturated rings. The van der Waals surface area contributed by atoms with Crippen molar-refractivity contribution in [2.24, 2.45) is 28.6 Å². The molecule has 0 aliphatic heterocycles. The first-order valence-electron chi connectivity index (χ1n) is 9.91. The maximum absolute atomic E-state index is 12.5. The van der Waals surface area contributed by atoms with Crippen LogP contribution in [0.2, 0.25) is 0 Å². The van der Waals surface area contributed by atoms with Gasteiger partial charge in [-0.3, -0.25) is 4.79 Å². The quantitative estimate of drug-likeness (QED) is 0.785. The van der Waals surface area contributed by atoms with Gasteiger partial charge >= 0.3 is 5.97 Å². The van der Waals surface area contributed by atoms with Crippen molar-refractivity contribution in [2.45, 2.75) is 71.3 Å². The lowest BCUT2D eigenvalue weighted by atomic mass is 9.48. The number of hydrogen-bond acceptors (Lipinski definition) is 3. The third-order valence-electron chi connectivity index (χ3n) is 8.21. The molecule has 0 saturated heterocycles. The molecule has 6 unspecified atom stereocenters. The molecule has 0 aromatic rings. The van der Waals surface area contributed by atoms with E-state index in [9.17, 15) is 9.59 Å². The zero-order valence-electron chi connectivity index (χ0n) is 15.4. The Labute approximate surface area is 150 Å². The van der Waals surface area contributed by atoms with E-state index in [-0.39, 0.29) is 23.5 Å². The number of ketones is 1. The first-order valence-corrected chi connectivity index (χ1v) is 9.91. The van der Waals surface area contributed by atoms with Gasteiger partial charge in [-0.15, -0.1) is 0 Å². The Kier molecular flexibility index (Phi) is 4.10. The number of Topliss-reactive ketones (excluding diaryl/α,β-unsaturated/α-hetero) is 1. The topological polar surface area (TPSA) is 63.6 Å². The molecule has 6 atom stereocenters. The van der Waals surface area contributed by atoms with E-state index < -0.39 is 5.97 Å². The summed E-state index contributed by atoms with van der Waals surface area (Å²) >= 11 is 0. The molecule has 25 heavy (non-hydrogen) atoms. The van der Waals surface area contributed by atoms with Crippen LogP contribution in [0.3, 0.4) is 0 Å². The molecule has 0 radical (unpaired) electrons. The third-order valence-corrected chi connectivity index (χ3v) is 8.21. The van der Waals surface area contributed by atoms with Crippen LogP contribution in [0.1, 0.15) is 65.2 Å². The zero-order valence-corrected chi connectivity index (χ0v) is 15.4. The number of fused-ring (bicyclic) bond motifs is 5. The number of aliphatic carboxylic acids is 1. The number of rotatable bonds is 3. The highest BCUT2D eigenvalue weighted by Gasteiger charge is 2.58. The van der Waals surface area contributed by atoms with Crippen LogP contribution < -0.4 is 0 Å². The van der Waals surface area contributed by atoms with Crippen molar-refractivity contribution in [3.63, 3.8) is 0 Å². The number of carbonyl (C=O) groups is 2. The summed E-state index contributed by atoms with van der Waals surface area (Å²) in [5.74, 6) is 1.51. The molecule has 4 nitrogen and oxygen atoms in total. The molecule has 4 aliphatic rings. The van der Waals surface area contributed by atoms with Crippen LogP contribution in [-0.4, -0.2) is 29.6 Å². The Balaban J connectivity index is 1.54. The lowest BCUT2D eigenvalue weighted by molar-refractivity contribution is -0.145. The first kappa shape index (κ1) is 17.3. The zero-order chi connectivity index (χ0) is 17.8. The van der Waals surface area contributed by atoms with Gasteiger partial charge < -0.3 is 9.84 Å². The molecule has 0 heterocycles. The summed E-state index contributed by atoms with van der Waals surface area (Å²) in [7, 11) is 0. The van der Waals surface area contributed by atoms with Crippen molar-refractivity contribution in [3.05, 3.63) is 11.6 Å². The maximum atomic E-state index is 12.5. The SMILES string of the molecule is CC12CCC3C(CC=C4CC(OCC(=O)O)CCC43C)C1CCC2=O. The van der Waals surface area contributed by atoms with Crippen molar-refractivity contribution in [2.75, 3.05) is 6.61 Å². The van der Waals surface area contributed by atoms with Gasteiger partial charge in [0.2, 0.25) is 0 Å². The van der Waals surface area contributed by atoms with Gasteiger partial charge in [0.25, 0.3) is 0 Å². The van der Waals surface area contributed by atoms with Crippen molar-refractivity contribution in [1.82, 2.24) is 0 Å². The summed E-state index contributed by atoms with van der Waals surface area (Å²) in [6.07, 6.45) is 10.6. The minimum atomic E-state index is -0.886. The van der Waals surface area contributed by atoms with Gasteiger partial charge in [-0.1, -0.05) is 25.5 Å². The fourth-order valence-electron chi connectivity index (χ4n) is 6.73. The number of carboxylic acid groups (broad SMARTS) is 1. The summed E-state index contributed by atoms with van der Waals surface area (Å²) in [4.78, 5) is 23.2. The maximum Gasteiger partial charge on any atom is 0.329 e. The number of hydrogen-bond donors (Lipinski definition) is 1. The highest BCUT2D eigenvalue weighted by atomic mass is 16.5. The Hall–Kier alpha value is -1.16. The van der Waals surface area contributed by atoms with E-state index in [0.29, 0.717) is 23.5 Å². The second-order valence-corrected chi connectivity index (χ2v) is 9.25. The Bertz CT molecular complexity index is 623. The Morgan fingerprint density at radius 2 is 1.92 bits per heavy atom. The lowest BCUT2D eigenvalue weighted by Crippen LogP contribution is -2.50. The van der Waals surface area contributed by atoms with E-state index in [2.05, 4.69) is 19.9 Å². The van der Waals surface area contributed by atoms with Gasteiger partial charge in [0.1, 0.15) is 12.4 Å². The number of allylic oxidation sites excluding steroid dienone is 1. The predicted molar refractivity (Wildman–Crippen MR) is 94.1 cm³/mol. The summed E-state index contributed by atoms with van der Waals surface area (Å²) < 4.78 is 5.59. The monoisotopic (exact) mass is 346 g/mol. The van der Waals surface area contributed by atoms with Crippen LogP contribution >= 0.6 is 0 Å². The van der Waals surface area contributed by atoms with Crippen molar-refractivity contribution in [1.29, 1.82) is 0 Å². The molecule has 1 N–H and O–H groups in total. The van der Waals surface area contributed by atoms with Gasteiger partial charge in [-0.2, -0.15) is 0 Å². The molecular weight excluding hydrogens is 316 g/mol. The molecule has 0 bridgehead atoms. The van der Waals surface area contributed by atoms with Crippen LogP contribution in [0.15, 0.2) is 11.6 Å². The smallest absolute Gasteiger partial charge is 0.329 e. The Morgan fingerprint density at radius 3 is 2.68 bits per heavy atom. The number of carbonyl (C=O) groups excluding carboxylic acids is 1. The van der Waals surface area contributed by atoms with Crippen LogP contribution in [0.4, 0.5) is 0 Å². The van der Waals surface area contributed by atoms with E-state index in [1.54, 1.807) is 0 Å². The molecule has 0 spiro atoms. The Morgan fingerprint density at radius 1 is 1.20 bits per heavy atom. The summed E-state index contributed by atoms with van der Waals surface area (Å²) in [5.41, 5.74) is 1.65. The highest BCUT2D eigenvalue weighted by Crippen LogP contribution is 2.64. The van der Waals surface area contributed by atoms with Gasteiger partial charge in [0.05, 0.1) is 6.10 Å². The largest absolute Gasteiger partial charge is 0.480 e. The molecule has 3 saturated carbocycles. The van der Waals surface area contributed by atoms with E-state index in [4.69, 9.17) is 9.84 Å². The standard InChI is InChI=1S/C21H30O4/c1-20-9-7-14(25-12-19(23)24)11-13(20)3-4-15-16-5-6-18(22)21(16,2)10-8-17(15)20/h3,14-17H,4-12H2,1-2H3,(H,23,24). The lowest BCUT2D eigenvalue weighted by Gasteiger charge is -2.57. The van der Waals surface area contributed by atoms with E-state index in [1.165, 1.54) is 5.57 Å². The fourth-order valence-corrected chi connectivity index (χ4v) is 6.73. The van der Waals surface area contributed by atoms with Gasteiger partial charge in [0, 0.05) is 11.8 Å². The normalized spacial score (nSPS) is 46.0. The molecule has 138 valence electrons. The van der Waals surface area contributed by atoms with Gasteiger partial charge in [-0.25, -0.2) is 4.79 Å². The molecule has 0 amide bonds. The van der Waals surface area contributed by atoms with Crippen LogP contribution in [0.5, 0.6) is 0 Å². The fraction of sp³-hybridized carbons (Fsp3) is 0.810. The molecule has 4 heteroatoms. The highest BCUT2D eigenvalue weighted by molar-refractivity contribution is 5.87. The van der Waals surface area contributed by atoms with Gasteiger partial charge in [-0.05, 0) is 68.1 Å². The number of ether oxygens (including phenoxy) is 1. The summed E-state index contributed by atoms with van der Waals surface area (Å²) in [6.45, 7) is 4.45. The van der Waals surface area contributed by atoms with Crippen LogP contribution in [0.25, 0.3) is 0 Å². The average Bonchev–Trinajstić information content (AvgIpc) is 2.88. The predicted octanol–water partition coefficient (Wildman–Crippen LogP) is 3.99. The minimum Gasteiger partial charge on any atom is -0.480 e. The molecule has 0 aromatic carbocycles. The van der Waals surface area contributed by atoms with Crippen LogP contribution in [0, 0.1) is 28.6 Å². The molecule has 0 aromatic heterocycles. The van der Waals surface area contributed by atoms with E-state index in [1.807, 2.05) is 0 Å². The van der Waals surface area contributed by atoms with Gasteiger partial charge in [0.15, 0.2) is 0 Å². The average molecular weight is 346 g/mol. The second kappa shape index (κ2) is 5.94. The summed E-state index contributed by atoms with van der Waals surface area (Å²) in [6, 6.07) is 0. The van der Waals surface area contributed by atoms with E-state index in [0.717, 1.165) is 51.4 Å². The van der Waals surface area contributed by atoms with Crippen molar-refractivity contribution >= 4 is 11.8 Å². The molecule has 4 rings (SSSR count). The number of carboxylic acids is 1. The summed E-state index contributed by atoms with van der Waals surface area (Å²) in [5, 5.41) is 8.85. The third kappa shape index (κ3) is 2.59.